The number of thioether (sulfide) groups is 1. The first-order chi connectivity index (χ1) is 8.00. The van der Waals surface area contributed by atoms with Gasteiger partial charge in [-0.15, -0.1) is 11.8 Å². The van der Waals surface area contributed by atoms with Gasteiger partial charge in [-0.3, -0.25) is 9.59 Å². The first-order valence-corrected chi connectivity index (χ1v) is 6.42. The number of carbonyl (C=O) groups excluding carboxylic acids is 1. The number of hydrogen-bond acceptors (Lipinski definition) is 4. The maximum Gasteiger partial charge on any atom is 0.326 e. The van der Waals surface area contributed by atoms with Crippen LogP contribution in [0.3, 0.4) is 0 Å². The van der Waals surface area contributed by atoms with E-state index in [0.717, 1.165) is 25.0 Å². The molecule has 0 aliphatic carbocycles. The lowest BCUT2D eigenvalue weighted by molar-refractivity contribution is -0.147. The SMILES string of the molecule is O=C(O)CC(NC(=O)C1CCCCS1)C(=O)O. The van der Waals surface area contributed by atoms with Crippen LogP contribution in [0.5, 0.6) is 0 Å². The Bertz CT molecular complexity index is 314. The predicted octanol–water partition coefficient (Wildman–Crippen LogP) is 0.316. The molecule has 6 nitrogen and oxygen atoms in total. The predicted molar refractivity (Wildman–Crippen MR) is 61.9 cm³/mol. The molecule has 0 aromatic rings. The zero-order valence-corrected chi connectivity index (χ0v) is 10.0. The van der Waals surface area contributed by atoms with E-state index >= 15 is 0 Å². The second-order valence-corrected chi connectivity index (χ2v) is 5.16. The summed E-state index contributed by atoms with van der Waals surface area (Å²) in [4.78, 5) is 32.9. The summed E-state index contributed by atoms with van der Waals surface area (Å²) in [6, 6.07) is -1.34. The molecular weight excluding hydrogens is 246 g/mol. The molecule has 3 N–H and O–H groups in total. The Morgan fingerprint density at radius 3 is 2.47 bits per heavy atom. The van der Waals surface area contributed by atoms with E-state index in [4.69, 9.17) is 10.2 Å². The van der Waals surface area contributed by atoms with Crippen molar-refractivity contribution >= 4 is 29.6 Å². The molecule has 2 atom stereocenters. The van der Waals surface area contributed by atoms with E-state index in [2.05, 4.69) is 5.32 Å². The van der Waals surface area contributed by atoms with Crippen LogP contribution in [0.1, 0.15) is 25.7 Å². The molecule has 1 aliphatic heterocycles. The van der Waals surface area contributed by atoms with Crippen molar-refractivity contribution in [2.45, 2.75) is 37.0 Å². The minimum atomic E-state index is -1.34. The average molecular weight is 261 g/mol. The van der Waals surface area contributed by atoms with Crippen LogP contribution in [0.25, 0.3) is 0 Å². The summed E-state index contributed by atoms with van der Waals surface area (Å²) in [6.07, 6.45) is 2.13. The number of amides is 1. The topological polar surface area (TPSA) is 104 Å². The molecular formula is C10H15NO5S. The molecule has 0 aromatic carbocycles. The molecule has 96 valence electrons. The summed E-state index contributed by atoms with van der Waals surface area (Å²) in [5.41, 5.74) is 0. The monoisotopic (exact) mass is 261 g/mol. The number of carbonyl (C=O) groups is 3. The lowest BCUT2D eigenvalue weighted by atomic mass is 10.1. The molecule has 1 aliphatic rings. The summed E-state index contributed by atoms with van der Waals surface area (Å²) < 4.78 is 0. The van der Waals surface area contributed by atoms with Gasteiger partial charge in [0.15, 0.2) is 0 Å². The third-order valence-corrected chi connectivity index (χ3v) is 3.84. The molecule has 0 saturated carbocycles. The Kier molecular flexibility index (Phi) is 5.27. The van der Waals surface area contributed by atoms with Crippen molar-refractivity contribution in [3.05, 3.63) is 0 Å². The van der Waals surface area contributed by atoms with Crippen molar-refractivity contribution < 1.29 is 24.6 Å². The molecule has 1 rings (SSSR count). The van der Waals surface area contributed by atoms with E-state index < -0.39 is 24.4 Å². The molecule has 7 heteroatoms. The van der Waals surface area contributed by atoms with Gasteiger partial charge in [-0.05, 0) is 18.6 Å². The van der Waals surface area contributed by atoms with Crippen molar-refractivity contribution in [1.29, 1.82) is 0 Å². The number of rotatable bonds is 5. The van der Waals surface area contributed by atoms with Crippen LogP contribution in [-0.2, 0) is 14.4 Å². The first kappa shape index (κ1) is 13.8. The molecule has 17 heavy (non-hydrogen) atoms. The van der Waals surface area contributed by atoms with E-state index in [-0.39, 0.29) is 11.2 Å². The zero-order valence-electron chi connectivity index (χ0n) is 9.22. The Morgan fingerprint density at radius 2 is 2.00 bits per heavy atom. The van der Waals surface area contributed by atoms with Gasteiger partial charge < -0.3 is 15.5 Å². The quantitative estimate of drug-likeness (QED) is 0.658. The van der Waals surface area contributed by atoms with Crippen LogP contribution >= 0.6 is 11.8 Å². The molecule has 1 heterocycles. The first-order valence-electron chi connectivity index (χ1n) is 5.37. The molecule has 2 unspecified atom stereocenters. The Labute approximate surface area is 103 Å². The smallest absolute Gasteiger partial charge is 0.326 e. The molecule has 1 fully saturated rings. The fourth-order valence-electron chi connectivity index (χ4n) is 1.59. The number of hydrogen-bond donors (Lipinski definition) is 3. The molecule has 0 bridgehead atoms. The molecule has 0 radical (unpaired) electrons. The van der Waals surface area contributed by atoms with Crippen LogP contribution in [0.15, 0.2) is 0 Å². The summed E-state index contributed by atoms with van der Waals surface area (Å²) in [5.74, 6) is -2.05. The number of aliphatic carboxylic acids is 2. The summed E-state index contributed by atoms with van der Waals surface area (Å²) in [7, 11) is 0. The maximum absolute atomic E-state index is 11.7. The summed E-state index contributed by atoms with van der Waals surface area (Å²) >= 11 is 1.49. The van der Waals surface area contributed by atoms with Crippen LogP contribution in [0.2, 0.25) is 0 Å². The van der Waals surface area contributed by atoms with Gasteiger partial charge >= 0.3 is 11.9 Å². The van der Waals surface area contributed by atoms with Crippen molar-refractivity contribution in [3.8, 4) is 0 Å². The summed E-state index contributed by atoms with van der Waals surface area (Å²) in [5, 5.41) is 19.3. The van der Waals surface area contributed by atoms with Crippen molar-refractivity contribution in [2.75, 3.05) is 5.75 Å². The highest BCUT2D eigenvalue weighted by Gasteiger charge is 2.28. The number of carboxylic acid groups (broad SMARTS) is 2. The van der Waals surface area contributed by atoms with Crippen LogP contribution < -0.4 is 5.32 Å². The van der Waals surface area contributed by atoms with Crippen LogP contribution in [0, 0.1) is 0 Å². The van der Waals surface area contributed by atoms with Crippen LogP contribution in [0.4, 0.5) is 0 Å². The van der Waals surface area contributed by atoms with E-state index in [9.17, 15) is 14.4 Å². The second kappa shape index (κ2) is 6.48. The van der Waals surface area contributed by atoms with Gasteiger partial charge in [-0.25, -0.2) is 4.79 Å². The van der Waals surface area contributed by atoms with Crippen LogP contribution in [-0.4, -0.2) is 45.1 Å². The van der Waals surface area contributed by atoms with E-state index in [1.54, 1.807) is 0 Å². The van der Waals surface area contributed by atoms with Gasteiger partial charge in [0.25, 0.3) is 0 Å². The third kappa shape index (κ3) is 4.64. The highest BCUT2D eigenvalue weighted by atomic mass is 32.2. The van der Waals surface area contributed by atoms with E-state index in [1.807, 2.05) is 0 Å². The number of carboxylic acids is 2. The Hall–Kier alpha value is -1.24. The molecule has 0 aromatic heterocycles. The lowest BCUT2D eigenvalue weighted by Crippen LogP contribution is -2.46. The maximum atomic E-state index is 11.7. The van der Waals surface area contributed by atoms with E-state index in [1.165, 1.54) is 11.8 Å². The largest absolute Gasteiger partial charge is 0.481 e. The van der Waals surface area contributed by atoms with Gasteiger partial charge in [-0.2, -0.15) is 0 Å². The second-order valence-electron chi connectivity index (χ2n) is 3.85. The van der Waals surface area contributed by atoms with Crippen molar-refractivity contribution in [1.82, 2.24) is 5.32 Å². The summed E-state index contributed by atoms with van der Waals surface area (Å²) in [6.45, 7) is 0. The normalized spacial score (nSPS) is 21.5. The zero-order chi connectivity index (χ0) is 12.8. The standard InChI is InChI=1S/C10H15NO5S/c12-8(13)5-6(10(15)16)11-9(14)7-3-1-2-4-17-7/h6-7H,1-5H2,(H,11,14)(H,12,13)(H,15,16). The lowest BCUT2D eigenvalue weighted by Gasteiger charge is -2.22. The highest BCUT2D eigenvalue weighted by Crippen LogP contribution is 2.25. The Balaban J connectivity index is 2.50. The number of nitrogens with one attached hydrogen (secondary N) is 1. The van der Waals surface area contributed by atoms with Gasteiger partial charge in [0.2, 0.25) is 5.91 Å². The van der Waals surface area contributed by atoms with Gasteiger partial charge in [0.1, 0.15) is 6.04 Å². The average Bonchev–Trinajstić information content (AvgIpc) is 2.28. The van der Waals surface area contributed by atoms with Gasteiger partial charge in [-0.1, -0.05) is 6.42 Å². The molecule has 0 spiro atoms. The third-order valence-electron chi connectivity index (χ3n) is 2.47. The fraction of sp³-hybridized carbons (Fsp3) is 0.700. The molecule has 1 amide bonds. The van der Waals surface area contributed by atoms with Crippen molar-refractivity contribution in [3.63, 3.8) is 0 Å². The van der Waals surface area contributed by atoms with Gasteiger partial charge in [0.05, 0.1) is 11.7 Å². The Morgan fingerprint density at radius 1 is 1.29 bits per heavy atom. The fourth-order valence-corrected chi connectivity index (χ4v) is 2.79. The molecule has 1 saturated heterocycles. The van der Waals surface area contributed by atoms with E-state index in [0.29, 0.717) is 0 Å². The minimum Gasteiger partial charge on any atom is -0.481 e. The highest BCUT2D eigenvalue weighted by molar-refractivity contribution is 8.00. The van der Waals surface area contributed by atoms with Crippen molar-refractivity contribution in [2.24, 2.45) is 0 Å². The minimum absolute atomic E-state index is 0.251. The van der Waals surface area contributed by atoms with Gasteiger partial charge in [0, 0.05) is 0 Å².